The Morgan fingerprint density at radius 3 is 2.52 bits per heavy atom. The van der Waals surface area contributed by atoms with Crippen LogP contribution in [0.1, 0.15) is 23.0 Å². The van der Waals surface area contributed by atoms with Gasteiger partial charge in [0.1, 0.15) is 12.1 Å². The zero-order valence-electron chi connectivity index (χ0n) is 14.0. The Morgan fingerprint density at radius 2 is 1.80 bits per heavy atom. The first-order valence-electron chi connectivity index (χ1n) is 8.13. The highest BCUT2D eigenvalue weighted by Crippen LogP contribution is 2.16. The predicted molar refractivity (Wildman–Crippen MR) is 96.2 cm³/mol. The number of rotatable bonds is 6. The van der Waals surface area contributed by atoms with Crippen molar-refractivity contribution in [2.24, 2.45) is 0 Å². The Hall–Kier alpha value is -3.21. The summed E-state index contributed by atoms with van der Waals surface area (Å²) in [5.41, 5.74) is 3.19. The van der Waals surface area contributed by atoms with Crippen LogP contribution in [-0.4, -0.2) is 22.5 Å². The van der Waals surface area contributed by atoms with E-state index in [1.54, 1.807) is 24.3 Å². The minimum Gasteiger partial charge on any atom is -0.494 e. The van der Waals surface area contributed by atoms with Gasteiger partial charge in [0.2, 0.25) is 0 Å². The van der Waals surface area contributed by atoms with E-state index in [9.17, 15) is 4.79 Å². The lowest BCUT2D eigenvalue weighted by Gasteiger charge is -2.07. The second-order valence-electron chi connectivity index (χ2n) is 5.40. The molecule has 3 rings (SSSR count). The Balaban J connectivity index is 1.64. The van der Waals surface area contributed by atoms with E-state index in [2.05, 4.69) is 15.3 Å². The fraction of sp³-hybridized carbons (Fsp3) is 0.150. The number of amides is 1. The maximum absolute atomic E-state index is 12.2. The van der Waals surface area contributed by atoms with E-state index < -0.39 is 0 Å². The minimum absolute atomic E-state index is 0.150. The number of nitrogens with zero attached hydrogens (tertiary/aromatic N) is 2. The summed E-state index contributed by atoms with van der Waals surface area (Å²) in [6.07, 6.45) is 1.51. The first-order chi connectivity index (χ1) is 12.3. The maximum Gasteiger partial charge on any atom is 0.251 e. The van der Waals surface area contributed by atoms with Gasteiger partial charge < -0.3 is 10.1 Å². The van der Waals surface area contributed by atoms with Crippen molar-refractivity contribution in [3.05, 3.63) is 78.2 Å². The number of ether oxygens (including phenoxy) is 1. The first-order valence-corrected chi connectivity index (χ1v) is 8.13. The fourth-order valence-corrected chi connectivity index (χ4v) is 2.40. The van der Waals surface area contributed by atoms with Crippen LogP contribution in [0.3, 0.4) is 0 Å². The third-order valence-electron chi connectivity index (χ3n) is 3.65. The van der Waals surface area contributed by atoms with Crippen molar-refractivity contribution < 1.29 is 9.53 Å². The van der Waals surface area contributed by atoms with Crippen molar-refractivity contribution in [3.63, 3.8) is 0 Å². The quantitative estimate of drug-likeness (QED) is 0.750. The summed E-state index contributed by atoms with van der Waals surface area (Å²) in [7, 11) is 0. The molecule has 0 unspecified atom stereocenters. The van der Waals surface area contributed by atoms with E-state index >= 15 is 0 Å². The number of aromatic nitrogens is 2. The number of carbonyl (C=O) groups excluding carboxylic acids is 1. The highest BCUT2D eigenvalue weighted by atomic mass is 16.5. The maximum atomic E-state index is 12.2. The van der Waals surface area contributed by atoms with Gasteiger partial charge in [-0.3, -0.25) is 4.79 Å². The second-order valence-corrected chi connectivity index (χ2v) is 5.40. The summed E-state index contributed by atoms with van der Waals surface area (Å²) in [6.45, 7) is 2.86. The Labute approximate surface area is 146 Å². The molecule has 0 aliphatic carbocycles. The molecular formula is C20H19N3O2. The van der Waals surface area contributed by atoms with Crippen molar-refractivity contribution >= 4 is 5.91 Å². The normalized spacial score (nSPS) is 10.3. The lowest BCUT2D eigenvalue weighted by molar-refractivity contribution is 0.0950. The van der Waals surface area contributed by atoms with Crippen LogP contribution in [-0.2, 0) is 6.54 Å². The average Bonchev–Trinajstić information content (AvgIpc) is 2.68. The summed E-state index contributed by atoms with van der Waals surface area (Å²) in [6, 6.07) is 18.8. The van der Waals surface area contributed by atoms with Crippen molar-refractivity contribution in [2.75, 3.05) is 6.61 Å². The summed E-state index contributed by atoms with van der Waals surface area (Å²) in [4.78, 5) is 20.8. The van der Waals surface area contributed by atoms with E-state index in [-0.39, 0.29) is 5.91 Å². The molecule has 0 radical (unpaired) electrons. The van der Waals surface area contributed by atoms with Crippen LogP contribution in [0.25, 0.3) is 11.3 Å². The van der Waals surface area contributed by atoms with Gasteiger partial charge in [-0.25, -0.2) is 9.97 Å². The first kappa shape index (κ1) is 16.6. The molecule has 5 heteroatoms. The third kappa shape index (κ3) is 4.41. The average molecular weight is 333 g/mol. The van der Waals surface area contributed by atoms with Crippen LogP contribution in [0.2, 0.25) is 0 Å². The van der Waals surface area contributed by atoms with Crippen molar-refractivity contribution in [1.82, 2.24) is 15.3 Å². The number of nitrogens with one attached hydrogen (secondary N) is 1. The molecule has 0 fully saturated rings. The number of benzene rings is 2. The van der Waals surface area contributed by atoms with Gasteiger partial charge in [0.15, 0.2) is 0 Å². The van der Waals surface area contributed by atoms with Gasteiger partial charge >= 0.3 is 0 Å². The van der Waals surface area contributed by atoms with Crippen molar-refractivity contribution in [2.45, 2.75) is 13.5 Å². The molecule has 1 heterocycles. The van der Waals surface area contributed by atoms with Crippen molar-refractivity contribution in [1.29, 1.82) is 0 Å². The molecule has 1 amide bonds. The molecule has 5 nitrogen and oxygen atoms in total. The zero-order valence-corrected chi connectivity index (χ0v) is 14.0. The SMILES string of the molecule is CCOc1ccc(C(=O)NCc2cc(-c3ccccc3)ncn2)cc1. The van der Waals surface area contributed by atoms with Crippen molar-refractivity contribution in [3.8, 4) is 17.0 Å². The fourth-order valence-electron chi connectivity index (χ4n) is 2.40. The molecule has 0 aliphatic rings. The third-order valence-corrected chi connectivity index (χ3v) is 3.65. The number of carbonyl (C=O) groups is 1. The molecule has 0 saturated carbocycles. The topological polar surface area (TPSA) is 64.1 Å². The molecule has 25 heavy (non-hydrogen) atoms. The summed E-state index contributed by atoms with van der Waals surface area (Å²) in [5.74, 6) is 0.602. The largest absolute Gasteiger partial charge is 0.494 e. The van der Waals surface area contributed by atoms with E-state index in [1.807, 2.05) is 43.3 Å². The molecule has 0 aliphatic heterocycles. The molecule has 0 bridgehead atoms. The van der Waals surface area contributed by atoms with Gasteiger partial charge in [0.05, 0.1) is 24.5 Å². The molecule has 1 N–H and O–H groups in total. The van der Waals surface area contributed by atoms with E-state index in [0.717, 1.165) is 22.7 Å². The van der Waals surface area contributed by atoms with Gasteiger partial charge in [0.25, 0.3) is 5.91 Å². The lowest BCUT2D eigenvalue weighted by Crippen LogP contribution is -2.23. The highest BCUT2D eigenvalue weighted by molar-refractivity contribution is 5.94. The Kier molecular flexibility index (Phi) is 5.36. The van der Waals surface area contributed by atoms with Crippen LogP contribution < -0.4 is 10.1 Å². The van der Waals surface area contributed by atoms with Gasteiger partial charge in [-0.05, 0) is 37.3 Å². The van der Waals surface area contributed by atoms with E-state index in [1.165, 1.54) is 6.33 Å². The smallest absolute Gasteiger partial charge is 0.251 e. The predicted octanol–water partition coefficient (Wildman–Crippen LogP) is 3.47. The van der Waals surface area contributed by atoms with Crippen LogP contribution in [0.15, 0.2) is 67.0 Å². The van der Waals surface area contributed by atoms with Crippen LogP contribution >= 0.6 is 0 Å². The van der Waals surface area contributed by atoms with Crippen LogP contribution in [0.4, 0.5) is 0 Å². The standard InChI is InChI=1S/C20H19N3O2/c1-2-25-18-10-8-16(9-11-18)20(24)21-13-17-12-19(23-14-22-17)15-6-4-3-5-7-15/h3-12,14H,2,13H2,1H3,(H,21,24). The lowest BCUT2D eigenvalue weighted by atomic mass is 10.1. The summed E-state index contributed by atoms with van der Waals surface area (Å²) < 4.78 is 5.38. The minimum atomic E-state index is -0.150. The molecular weight excluding hydrogens is 314 g/mol. The molecule has 126 valence electrons. The molecule has 3 aromatic rings. The Morgan fingerprint density at radius 1 is 1.04 bits per heavy atom. The molecule has 1 aromatic heterocycles. The summed E-state index contributed by atoms with van der Waals surface area (Å²) in [5, 5.41) is 2.88. The number of hydrogen-bond acceptors (Lipinski definition) is 4. The molecule has 2 aromatic carbocycles. The number of hydrogen-bond donors (Lipinski definition) is 1. The van der Waals surface area contributed by atoms with E-state index in [0.29, 0.717) is 18.7 Å². The molecule has 0 saturated heterocycles. The Bertz CT molecular complexity index is 833. The monoisotopic (exact) mass is 333 g/mol. The van der Waals surface area contributed by atoms with Gasteiger partial charge in [-0.15, -0.1) is 0 Å². The van der Waals surface area contributed by atoms with Crippen LogP contribution in [0, 0.1) is 0 Å². The second kappa shape index (κ2) is 8.06. The zero-order chi connectivity index (χ0) is 17.5. The van der Waals surface area contributed by atoms with Gasteiger partial charge in [-0.2, -0.15) is 0 Å². The highest BCUT2D eigenvalue weighted by Gasteiger charge is 2.07. The molecule has 0 atom stereocenters. The van der Waals surface area contributed by atoms with E-state index in [4.69, 9.17) is 4.74 Å². The molecule has 0 spiro atoms. The van der Waals surface area contributed by atoms with Gasteiger partial charge in [0, 0.05) is 11.1 Å². The van der Waals surface area contributed by atoms with Crippen LogP contribution in [0.5, 0.6) is 5.75 Å². The van der Waals surface area contributed by atoms with Gasteiger partial charge in [-0.1, -0.05) is 30.3 Å². The summed E-state index contributed by atoms with van der Waals surface area (Å²) >= 11 is 0.